The lowest BCUT2D eigenvalue weighted by Gasteiger charge is -2.16. The van der Waals surface area contributed by atoms with Gasteiger partial charge in [-0.2, -0.15) is 0 Å². The summed E-state index contributed by atoms with van der Waals surface area (Å²) in [7, 11) is 2.01. The van der Waals surface area contributed by atoms with E-state index in [1.165, 1.54) is 5.56 Å². The van der Waals surface area contributed by atoms with Crippen LogP contribution in [0.1, 0.15) is 5.56 Å². The quantitative estimate of drug-likeness (QED) is 0.602. The number of thioether (sulfide) groups is 1. The molecule has 0 fully saturated rings. The summed E-state index contributed by atoms with van der Waals surface area (Å²) in [5.74, 6) is 4.12. The highest BCUT2D eigenvalue weighted by atomic mass is 32.2. The van der Waals surface area contributed by atoms with Gasteiger partial charge in [-0.15, -0.1) is 18.2 Å². The van der Waals surface area contributed by atoms with Gasteiger partial charge in [-0.05, 0) is 31.0 Å². The van der Waals surface area contributed by atoms with E-state index in [1.807, 2.05) is 25.4 Å². The van der Waals surface area contributed by atoms with Crippen LogP contribution in [0.2, 0.25) is 0 Å². The van der Waals surface area contributed by atoms with Crippen LogP contribution < -0.4 is 4.74 Å². The number of terminal acetylenes is 1. The molecule has 0 amide bonds. The molecule has 1 aromatic carbocycles. The smallest absolute Gasteiger partial charge is 0.146 e. The second-order valence-electron chi connectivity index (χ2n) is 4.55. The van der Waals surface area contributed by atoms with Crippen LogP contribution in [-0.4, -0.2) is 35.7 Å². The minimum Gasteiger partial charge on any atom is -0.481 e. The van der Waals surface area contributed by atoms with Crippen LogP contribution in [0.5, 0.6) is 5.75 Å². The summed E-state index contributed by atoms with van der Waals surface area (Å²) < 4.78 is 5.73. The molecule has 104 valence electrons. The van der Waals surface area contributed by atoms with Gasteiger partial charge < -0.3 is 4.74 Å². The van der Waals surface area contributed by atoms with Crippen LogP contribution in [-0.2, 0) is 6.54 Å². The first-order chi connectivity index (χ1) is 9.76. The molecule has 0 radical (unpaired) electrons. The molecular weight excluding hydrogens is 268 g/mol. The van der Waals surface area contributed by atoms with Gasteiger partial charge in [0.1, 0.15) is 17.2 Å². The highest BCUT2D eigenvalue weighted by molar-refractivity contribution is 7.98. The average Bonchev–Trinajstić information content (AvgIpc) is 2.47. The van der Waals surface area contributed by atoms with Crippen LogP contribution in [0, 0.1) is 12.3 Å². The SMILES string of the molecule is C#CCN(C)Cc1ccc(OCSC)c2ncccc12. The van der Waals surface area contributed by atoms with Crippen molar-refractivity contribution in [2.24, 2.45) is 0 Å². The third kappa shape index (κ3) is 3.44. The van der Waals surface area contributed by atoms with Gasteiger partial charge in [0.25, 0.3) is 0 Å². The van der Waals surface area contributed by atoms with Gasteiger partial charge in [0.2, 0.25) is 0 Å². The number of benzene rings is 1. The number of rotatable bonds is 6. The molecule has 1 aromatic heterocycles. The number of hydrogen-bond donors (Lipinski definition) is 0. The molecule has 2 rings (SSSR count). The fraction of sp³-hybridized carbons (Fsp3) is 0.312. The molecule has 20 heavy (non-hydrogen) atoms. The monoisotopic (exact) mass is 286 g/mol. The minimum atomic E-state index is 0.627. The summed E-state index contributed by atoms with van der Waals surface area (Å²) in [5.41, 5.74) is 2.12. The van der Waals surface area contributed by atoms with Crippen molar-refractivity contribution in [1.82, 2.24) is 9.88 Å². The van der Waals surface area contributed by atoms with Crippen LogP contribution in [0.15, 0.2) is 30.5 Å². The van der Waals surface area contributed by atoms with Gasteiger partial charge >= 0.3 is 0 Å². The zero-order valence-electron chi connectivity index (χ0n) is 11.8. The Bertz CT molecular complexity index is 621. The lowest BCUT2D eigenvalue weighted by atomic mass is 10.1. The Balaban J connectivity index is 2.35. The maximum Gasteiger partial charge on any atom is 0.146 e. The van der Waals surface area contributed by atoms with Crippen LogP contribution >= 0.6 is 11.8 Å². The second-order valence-corrected chi connectivity index (χ2v) is 5.36. The number of hydrogen-bond acceptors (Lipinski definition) is 4. The molecule has 2 aromatic rings. The van der Waals surface area contributed by atoms with E-state index in [2.05, 4.69) is 27.9 Å². The maximum atomic E-state index is 5.73. The number of fused-ring (bicyclic) bond motifs is 1. The molecule has 3 nitrogen and oxygen atoms in total. The van der Waals surface area contributed by atoms with Crippen LogP contribution in [0.25, 0.3) is 10.9 Å². The molecule has 0 aliphatic carbocycles. The van der Waals surface area contributed by atoms with Gasteiger partial charge in [0.05, 0.1) is 6.54 Å². The standard InChI is InChI=1S/C16H18N2OS/c1-4-10-18(2)11-13-7-8-15(19-12-20-3)16-14(13)6-5-9-17-16/h1,5-9H,10-12H2,2-3H3. The molecule has 0 atom stereocenters. The van der Waals surface area contributed by atoms with E-state index < -0.39 is 0 Å². The normalized spacial score (nSPS) is 10.7. The fourth-order valence-electron chi connectivity index (χ4n) is 2.09. The van der Waals surface area contributed by atoms with Gasteiger partial charge in [0, 0.05) is 18.1 Å². The van der Waals surface area contributed by atoms with E-state index in [4.69, 9.17) is 11.2 Å². The molecule has 0 spiro atoms. The Hall–Kier alpha value is -1.70. The van der Waals surface area contributed by atoms with E-state index in [-0.39, 0.29) is 0 Å². The Morgan fingerprint density at radius 2 is 2.25 bits per heavy atom. The third-order valence-electron chi connectivity index (χ3n) is 2.96. The zero-order chi connectivity index (χ0) is 14.4. The topological polar surface area (TPSA) is 25.4 Å². The molecule has 1 heterocycles. The third-order valence-corrected chi connectivity index (χ3v) is 3.31. The summed E-state index contributed by atoms with van der Waals surface area (Å²) in [6.45, 7) is 1.43. The Morgan fingerprint density at radius 3 is 3.00 bits per heavy atom. The first kappa shape index (κ1) is 14.7. The second kappa shape index (κ2) is 7.18. The maximum absolute atomic E-state index is 5.73. The highest BCUT2D eigenvalue weighted by Gasteiger charge is 2.09. The number of pyridine rings is 1. The Labute approximate surface area is 124 Å². The Kier molecular flexibility index (Phi) is 5.28. The van der Waals surface area contributed by atoms with Crippen molar-refractivity contribution in [3.8, 4) is 18.1 Å². The predicted molar refractivity (Wildman–Crippen MR) is 85.9 cm³/mol. The lowest BCUT2D eigenvalue weighted by Crippen LogP contribution is -2.18. The van der Waals surface area contributed by atoms with Crippen molar-refractivity contribution in [3.05, 3.63) is 36.0 Å². The average molecular weight is 286 g/mol. The first-order valence-corrected chi connectivity index (χ1v) is 7.76. The first-order valence-electron chi connectivity index (χ1n) is 6.36. The number of aromatic nitrogens is 1. The van der Waals surface area contributed by atoms with Crippen molar-refractivity contribution >= 4 is 22.7 Å². The lowest BCUT2D eigenvalue weighted by molar-refractivity contribution is 0.370. The zero-order valence-corrected chi connectivity index (χ0v) is 12.6. The molecule has 0 bridgehead atoms. The van der Waals surface area contributed by atoms with Gasteiger partial charge in [0.15, 0.2) is 0 Å². The molecule has 0 N–H and O–H groups in total. The largest absolute Gasteiger partial charge is 0.481 e. The van der Waals surface area contributed by atoms with Crippen molar-refractivity contribution < 1.29 is 4.74 Å². The number of ether oxygens (including phenoxy) is 1. The van der Waals surface area contributed by atoms with Crippen LogP contribution in [0.4, 0.5) is 0 Å². The number of nitrogens with zero attached hydrogens (tertiary/aromatic N) is 2. The van der Waals surface area contributed by atoms with E-state index in [1.54, 1.807) is 18.0 Å². The Morgan fingerprint density at radius 1 is 1.40 bits per heavy atom. The minimum absolute atomic E-state index is 0.627. The van der Waals surface area contributed by atoms with E-state index in [9.17, 15) is 0 Å². The summed E-state index contributed by atoms with van der Waals surface area (Å²) in [6, 6.07) is 8.11. The van der Waals surface area contributed by atoms with Crippen molar-refractivity contribution in [3.63, 3.8) is 0 Å². The summed E-state index contributed by atoms with van der Waals surface area (Å²) in [4.78, 5) is 6.56. The molecule has 0 saturated carbocycles. The molecular formula is C16H18N2OS. The summed E-state index contributed by atoms with van der Waals surface area (Å²) >= 11 is 1.65. The summed E-state index contributed by atoms with van der Waals surface area (Å²) in [6.07, 6.45) is 9.16. The van der Waals surface area contributed by atoms with Crippen molar-refractivity contribution in [2.45, 2.75) is 6.54 Å². The van der Waals surface area contributed by atoms with Crippen LogP contribution in [0.3, 0.4) is 0 Å². The molecule has 0 aliphatic heterocycles. The summed E-state index contributed by atoms with van der Waals surface area (Å²) in [5, 5.41) is 1.12. The van der Waals surface area contributed by atoms with E-state index in [0.717, 1.165) is 23.2 Å². The van der Waals surface area contributed by atoms with Gasteiger partial charge in [-0.3, -0.25) is 9.88 Å². The molecule has 0 unspecified atom stereocenters. The molecule has 4 heteroatoms. The molecule has 0 saturated heterocycles. The molecule has 0 aliphatic rings. The van der Waals surface area contributed by atoms with Crippen molar-refractivity contribution in [2.75, 3.05) is 25.8 Å². The fourth-order valence-corrected chi connectivity index (χ4v) is 2.33. The highest BCUT2D eigenvalue weighted by Crippen LogP contribution is 2.27. The van der Waals surface area contributed by atoms with Gasteiger partial charge in [-0.1, -0.05) is 18.1 Å². The predicted octanol–water partition coefficient (Wildman–Crippen LogP) is 3.00. The van der Waals surface area contributed by atoms with E-state index in [0.29, 0.717) is 12.5 Å². The van der Waals surface area contributed by atoms with E-state index >= 15 is 0 Å². The van der Waals surface area contributed by atoms with Crippen molar-refractivity contribution in [1.29, 1.82) is 0 Å². The van der Waals surface area contributed by atoms with Gasteiger partial charge in [-0.25, -0.2) is 0 Å².